The molecule has 0 unspecified atom stereocenters. The average Bonchev–Trinajstić information content (AvgIpc) is 2.78. The van der Waals surface area contributed by atoms with Gasteiger partial charge in [-0.3, -0.25) is 4.79 Å². The predicted octanol–water partition coefficient (Wildman–Crippen LogP) is 3.20. The van der Waals surface area contributed by atoms with E-state index in [1.54, 1.807) is 39.0 Å². The molecule has 106 valence electrons. The molecule has 0 saturated carbocycles. The zero-order valence-electron chi connectivity index (χ0n) is 11.7. The maximum absolute atomic E-state index is 11.9. The molecule has 5 nitrogen and oxygen atoms in total. The predicted molar refractivity (Wildman–Crippen MR) is 75.6 cm³/mol. The molecule has 0 spiro atoms. The van der Waals surface area contributed by atoms with Crippen molar-refractivity contribution in [2.75, 3.05) is 11.9 Å². The lowest BCUT2D eigenvalue weighted by atomic mass is 10.1. The molecular formula is C15H17NO4. The van der Waals surface area contributed by atoms with E-state index in [2.05, 4.69) is 5.32 Å². The van der Waals surface area contributed by atoms with Crippen molar-refractivity contribution >= 4 is 28.5 Å². The maximum Gasteiger partial charge on any atom is 0.376 e. The van der Waals surface area contributed by atoms with Crippen LogP contribution in [0.1, 0.15) is 31.3 Å². The standard InChI is InChI=1S/C15H17NO4/c1-4-19-15(18)13-12(16-14(17)9(2)3)10-7-5-6-8-11(10)20-13/h5-9H,4H2,1-3H3,(H,16,17). The number of hydrogen-bond donors (Lipinski definition) is 1. The number of rotatable bonds is 4. The largest absolute Gasteiger partial charge is 0.460 e. The van der Waals surface area contributed by atoms with Gasteiger partial charge >= 0.3 is 5.97 Å². The number of ether oxygens (including phenoxy) is 1. The first-order valence-electron chi connectivity index (χ1n) is 6.54. The molecule has 2 aromatic rings. The Bertz CT molecular complexity index is 642. The number of para-hydroxylation sites is 1. The number of benzene rings is 1. The van der Waals surface area contributed by atoms with E-state index < -0.39 is 5.97 Å². The fourth-order valence-corrected chi connectivity index (χ4v) is 1.78. The first kappa shape index (κ1) is 14.1. The minimum atomic E-state index is -0.581. The highest BCUT2D eigenvalue weighted by Gasteiger charge is 2.23. The van der Waals surface area contributed by atoms with Crippen molar-refractivity contribution in [3.63, 3.8) is 0 Å². The van der Waals surface area contributed by atoms with Crippen molar-refractivity contribution in [3.05, 3.63) is 30.0 Å². The van der Waals surface area contributed by atoms with Crippen LogP contribution in [0.3, 0.4) is 0 Å². The molecule has 0 fully saturated rings. The molecule has 1 aromatic carbocycles. The second-order valence-electron chi connectivity index (χ2n) is 4.67. The highest BCUT2D eigenvalue weighted by molar-refractivity contribution is 6.09. The molecule has 1 amide bonds. The topological polar surface area (TPSA) is 68.5 Å². The lowest BCUT2D eigenvalue weighted by Crippen LogP contribution is -2.19. The molecule has 0 saturated heterocycles. The van der Waals surface area contributed by atoms with Gasteiger partial charge in [0.1, 0.15) is 11.3 Å². The fourth-order valence-electron chi connectivity index (χ4n) is 1.78. The van der Waals surface area contributed by atoms with Gasteiger partial charge in [-0.15, -0.1) is 0 Å². The van der Waals surface area contributed by atoms with Gasteiger partial charge in [-0.1, -0.05) is 26.0 Å². The van der Waals surface area contributed by atoms with Crippen LogP contribution in [0.15, 0.2) is 28.7 Å². The Balaban J connectivity index is 2.50. The van der Waals surface area contributed by atoms with E-state index in [9.17, 15) is 9.59 Å². The summed E-state index contributed by atoms with van der Waals surface area (Å²) in [7, 11) is 0. The summed E-state index contributed by atoms with van der Waals surface area (Å²) in [5, 5.41) is 3.42. The Morgan fingerprint density at radius 2 is 2.00 bits per heavy atom. The molecule has 1 aromatic heterocycles. The summed E-state index contributed by atoms with van der Waals surface area (Å²) in [6.45, 7) is 5.52. The molecule has 0 aliphatic rings. The Morgan fingerprint density at radius 1 is 1.30 bits per heavy atom. The van der Waals surface area contributed by atoms with Crippen LogP contribution in [-0.4, -0.2) is 18.5 Å². The van der Waals surface area contributed by atoms with Crippen molar-refractivity contribution in [1.82, 2.24) is 0 Å². The van der Waals surface area contributed by atoms with Gasteiger partial charge in [-0.05, 0) is 19.1 Å². The molecule has 5 heteroatoms. The number of hydrogen-bond acceptors (Lipinski definition) is 4. The van der Waals surface area contributed by atoms with Crippen molar-refractivity contribution < 1.29 is 18.7 Å². The third-order valence-corrected chi connectivity index (χ3v) is 2.83. The summed E-state index contributed by atoms with van der Waals surface area (Å²) in [5.41, 5.74) is 0.910. The Hall–Kier alpha value is -2.30. The molecular weight excluding hydrogens is 258 g/mol. The van der Waals surface area contributed by atoms with E-state index in [0.717, 1.165) is 0 Å². The molecule has 0 aliphatic carbocycles. The van der Waals surface area contributed by atoms with Gasteiger partial charge in [0.15, 0.2) is 0 Å². The summed E-state index contributed by atoms with van der Waals surface area (Å²) in [4.78, 5) is 23.8. The smallest absolute Gasteiger partial charge is 0.376 e. The number of fused-ring (bicyclic) bond motifs is 1. The Labute approximate surface area is 116 Å². The minimum absolute atomic E-state index is 0.0297. The van der Waals surface area contributed by atoms with Crippen LogP contribution in [0.4, 0.5) is 5.69 Å². The first-order valence-corrected chi connectivity index (χ1v) is 6.54. The molecule has 20 heavy (non-hydrogen) atoms. The molecule has 1 N–H and O–H groups in total. The van der Waals surface area contributed by atoms with Crippen LogP contribution in [0.5, 0.6) is 0 Å². The number of carbonyl (C=O) groups is 2. The highest BCUT2D eigenvalue weighted by Crippen LogP contribution is 2.31. The maximum atomic E-state index is 11.9. The zero-order valence-corrected chi connectivity index (χ0v) is 11.7. The van der Waals surface area contributed by atoms with E-state index in [0.29, 0.717) is 16.7 Å². The fraction of sp³-hybridized carbons (Fsp3) is 0.333. The van der Waals surface area contributed by atoms with Crippen molar-refractivity contribution in [3.8, 4) is 0 Å². The van der Waals surface area contributed by atoms with Crippen molar-refractivity contribution in [1.29, 1.82) is 0 Å². The number of anilines is 1. The highest BCUT2D eigenvalue weighted by atomic mass is 16.5. The summed E-state index contributed by atoms with van der Waals surface area (Å²) in [6, 6.07) is 7.15. The number of amides is 1. The third kappa shape index (κ3) is 2.66. The van der Waals surface area contributed by atoms with E-state index in [1.807, 2.05) is 6.07 Å². The van der Waals surface area contributed by atoms with Crippen LogP contribution >= 0.6 is 0 Å². The molecule has 1 heterocycles. The number of esters is 1. The van der Waals surface area contributed by atoms with Gasteiger partial charge in [0.05, 0.1) is 6.61 Å². The second kappa shape index (κ2) is 5.77. The van der Waals surface area contributed by atoms with Crippen LogP contribution in [0.25, 0.3) is 11.0 Å². The van der Waals surface area contributed by atoms with Crippen LogP contribution < -0.4 is 5.32 Å². The quantitative estimate of drug-likeness (QED) is 0.870. The molecule has 0 atom stereocenters. The first-order chi connectivity index (χ1) is 9.54. The lowest BCUT2D eigenvalue weighted by Gasteiger charge is -2.07. The minimum Gasteiger partial charge on any atom is -0.460 e. The number of furan rings is 1. The van der Waals surface area contributed by atoms with Crippen molar-refractivity contribution in [2.45, 2.75) is 20.8 Å². The summed E-state index contributed by atoms with van der Waals surface area (Å²) in [6.07, 6.45) is 0. The normalized spacial score (nSPS) is 10.8. The number of nitrogens with one attached hydrogen (secondary N) is 1. The lowest BCUT2D eigenvalue weighted by molar-refractivity contribution is -0.118. The van der Waals surface area contributed by atoms with Crippen LogP contribution in [0, 0.1) is 5.92 Å². The van der Waals surface area contributed by atoms with E-state index in [1.165, 1.54) is 0 Å². The Kier molecular flexibility index (Phi) is 4.08. The van der Waals surface area contributed by atoms with Gasteiger partial charge in [0.25, 0.3) is 0 Å². The SMILES string of the molecule is CCOC(=O)c1oc2ccccc2c1NC(=O)C(C)C. The molecule has 0 aliphatic heterocycles. The van der Waals surface area contributed by atoms with E-state index in [-0.39, 0.29) is 24.2 Å². The van der Waals surface area contributed by atoms with Gasteiger partial charge < -0.3 is 14.5 Å². The number of carbonyl (C=O) groups excluding carboxylic acids is 2. The van der Waals surface area contributed by atoms with E-state index in [4.69, 9.17) is 9.15 Å². The molecule has 0 radical (unpaired) electrons. The third-order valence-electron chi connectivity index (χ3n) is 2.83. The zero-order chi connectivity index (χ0) is 14.7. The van der Waals surface area contributed by atoms with Crippen LogP contribution in [-0.2, 0) is 9.53 Å². The summed E-state index contributed by atoms with van der Waals surface area (Å²) >= 11 is 0. The van der Waals surface area contributed by atoms with Gasteiger partial charge in [0, 0.05) is 11.3 Å². The monoisotopic (exact) mass is 275 g/mol. The van der Waals surface area contributed by atoms with E-state index >= 15 is 0 Å². The van der Waals surface area contributed by atoms with Gasteiger partial charge in [-0.2, -0.15) is 0 Å². The summed E-state index contributed by atoms with van der Waals surface area (Å²) < 4.78 is 10.5. The average molecular weight is 275 g/mol. The van der Waals surface area contributed by atoms with Crippen LogP contribution in [0.2, 0.25) is 0 Å². The molecule has 2 rings (SSSR count). The van der Waals surface area contributed by atoms with Crippen molar-refractivity contribution in [2.24, 2.45) is 5.92 Å². The summed E-state index contributed by atoms with van der Waals surface area (Å²) in [5.74, 6) is -0.925. The Morgan fingerprint density at radius 3 is 2.65 bits per heavy atom. The van der Waals surface area contributed by atoms with Gasteiger partial charge in [-0.25, -0.2) is 4.79 Å². The molecule has 0 bridgehead atoms. The second-order valence-corrected chi connectivity index (χ2v) is 4.67. The van der Waals surface area contributed by atoms with Gasteiger partial charge in [0.2, 0.25) is 11.7 Å².